The van der Waals surface area contributed by atoms with Gasteiger partial charge in [0.1, 0.15) is 18.0 Å². The van der Waals surface area contributed by atoms with Crippen molar-refractivity contribution in [2.45, 2.75) is 20.5 Å². The lowest BCUT2D eigenvalue weighted by Gasteiger charge is -2.27. The maximum absolute atomic E-state index is 12.7. The first-order valence-electron chi connectivity index (χ1n) is 9.34. The minimum atomic E-state index is -0.489. The van der Waals surface area contributed by atoms with E-state index < -0.39 is 6.03 Å². The molecule has 2 rings (SSSR count). The third kappa shape index (κ3) is 5.54. The fourth-order valence-corrected chi connectivity index (χ4v) is 2.67. The van der Waals surface area contributed by atoms with E-state index >= 15 is 0 Å². The Morgan fingerprint density at radius 2 is 1.55 bits per heavy atom. The van der Waals surface area contributed by atoms with Crippen LogP contribution in [0.1, 0.15) is 19.4 Å². The number of nitrogens with zero attached hydrogens (tertiary/aromatic N) is 2. The summed E-state index contributed by atoms with van der Waals surface area (Å²) >= 11 is 0. The van der Waals surface area contributed by atoms with Gasteiger partial charge in [-0.3, -0.25) is 15.2 Å². The quantitative estimate of drug-likeness (QED) is 0.522. The Morgan fingerprint density at radius 3 is 2.03 bits per heavy atom. The zero-order valence-electron chi connectivity index (χ0n) is 17.3. The summed E-state index contributed by atoms with van der Waals surface area (Å²) in [5.74, 6) is 1.08. The molecule has 0 aliphatic rings. The van der Waals surface area contributed by atoms with Gasteiger partial charge < -0.3 is 19.9 Å². The van der Waals surface area contributed by atoms with E-state index in [1.807, 2.05) is 44.2 Å². The monoisotopic (exact) mass is 400 g/mol. The van der Waals surface area contributed by atoms with Gasteiger partial charge in [-0.05, 0) is 19.4 Å². The first-order chi connectivity index (χ1) is 13.9. The molecule has 0 aliphatic heterocycles. The first kappa shape index (κ1) is 21.9. The molecule has 0 fully saturated rings. The van der Waals surface area contributed by atoms with Crippen LogP contribution in [0.25, 0.3) is 0 Å². The van der Waals surface area contributed by atoms with Crippen molar-refractivity contribution in [1.29, 1.82) is 5.41 Å². The van der Waals surface area contributed by atoms with Crippen molar-refractivity contribution < 1.29 is 19.0 Å². The zero-order valence-corrected chi connectivity index (χ0v) is 17.3. The normalized spacial score (nSPS) is 10.2. The molecule has 8 nitrogen and oxygen atoms in total. The predicted octanol–water partition coefficient (Wildman–Crippen LogP) is 3.44. The molecular weight excluding hydrogens is 372 g/mol. The number of hydrogen-bond acceptors (Lipinski definition) is 5. The molecule has 0 bridgehead atoms. The number of nitrogens with one attached hydrogen (secondary N) is 1. The molecule has 2 amide bonds. The van der Waals surface area contributed by atoms with Gasteiger partial charge >= 0.3 is 6.03 Å². The third-order valence-electron chi connectivity index (χ3n) is 4.13. The second-order valence-electron chi connectivity index (χ2n) is 6.19. The number of nitrogens with two attached hydrogens (primary N) is 1. The molecule has 3 N–H and O–H groups in total. The van der Waals surface area contributed by atoms with Crippen LogP contribution in [0.4, 0.5) is 10.5 Å². The molecule has 0 unspecified atom stereocenters. The number of anilines is 1. The molecule has 0 saturated heterocycles. The van der Waals surface area contributed by atoms with Crippen LogP contribution in [0.15, 0.2) is 42.5 Å². The van der Waals surface area contributed by atoms with Crippen LogP contribution in [0.5, 0.6) is 17.2 Å². The van der Waals surface area contributed by atoms with E-state index in [2.05, 4.69) is 0 Å². The number of guanidine groups is 1. The van der Waals surface area contributed by atoms with Gasteiger partial charge in [0.05, 0.1) is 13.2 Å². The molecule has 0 saturated carbocycles. The van der Waals surface area contributed by atoms with Crippen LogP contribution in [-0.2, 0) is 6.61 Å². The number of hydrogen-bond donors (Lipinski definition) is 2. The summed E-state index contributed by atoms with van der Waals surface area (Å²) in [7, 11) is 3.01. The smallest absolute Gasteiger partial charge is 0.330 e. The van der Waals surface area contributed by atoms with E-state index in [9.17, 15) is 4.79 Å². The van der Waals surface area contributed by atoms with E-state index in [0.717, 1.165) is 10.5 Å². The van der Waals surface area contributed by atoms with Gasteiger partial charge in [0.2, 0.25) is 0 Å². The van der Waals surface area contributed by atoms with Crippen molar-refractivity contribution in [3.8, 4) is 17.2 Å². The summed E-state index contributed by atoms with van der Waals surface area (Å²) in [4.78, 5) is 15.1. The van der Waals surface area contributed by atoms with E-state index in [0.29, 0.717) is 42.8 Å². The van der Waals surface area contributed by atoms with Gasteiger partial charge in [-0.1, -0.05) is 30.3 Å². The SMILES string of the molecule is CCOc1cc(OCc2ccccc2)cc(OCC)c1N(C)C(=O)N(C)C(=N)N. The highest BCUT2D eigenvalue weighted by Gasteiger charge is 2.25. The van der Waals surface area contributed by atoms with Crippen molar-refractivity contribution in [2.75, 3.05) is 32.2 Å². The number of benzene rings is 2. The predicted molar refractivity (Wildman–Crippen MR) is 113 cm³/mol. The summed E-state index contributed by atoms with van der Waals surface area (Å²) < 4.78 is 17.5. The van der Waals surface area contributed by atoms with E-state index in [4.69, 9.17) is 25.4 Å². The van der Waals surface area contributed by atoms with Crippen LogP contribution in [-0.4, -0.2) is 44.2 Å². The first-order valence-corrected chi connectivity index (χ1v) is 9.34. The van der Waals surface area contributed by atoms with Crippen molar-refractivity contribution in [1.82, 2.24) is 4.90 Å². The lowest BCUT2D eigenvalue weighted by molar-refractivity contribution is 0.232. The standard InChI is InChI=1S/C21H28N4O4/c1-5-27-17-12-16(29-14-15-10-8-7-9-11-15)13-18(28-6-2)19(17)24(3)21(26)25(4)20(22)23/h7-13H,5-6,14H2,1-4H3,(H3,22,23). The Hall–Kier alpha value is -3.42. The largest absolute Gasteiger partial charge is 0.491 e. The molecule has 8 heteroatoms. The molecule has 0 heterocycles. The van der Waals surface area contributed by atoms with Gasteiger partial charge in [-0.2, -0.15) is 0 Å². The highest BCUT2D eigenvalue weighted by Crippen LogP contribution is 2.42. The van der Waals surface area contributed by atoms with Gasteiger partial charge in [-0.25, -0.2) is 4.79 Å². The minimum Gasteiger partial charge on any atom is -0.491 e. The van der Waals surface area contributed by atoms with E-state index in [1.54, 1.807) is 19.2 Å². The summed E-state index contributed by atoms with van der Waals surface area (Å²) in [6.07, 6.45) is 0. The Labute approximate surface area is 171 Å². The Bertz CT molecular complexity index is 815. The van der Waals surface area contributed by atoms with E-state index in [-0.39, 0.29) is 5.96 Å². The molecule has 0 aromatic heterocycles. The molecule has 0 spiro atoms. The second-order valence-corrected chi connectivity index (χ2v) is 6.19. The van der Waals surface area contributed by atoms with Gasteiger partial charge in [0.15, 0.2) is 17.5 Å². The molecule has 156 valence electrons. The zero-order chi connectivity index (χ0) is 21.4. The average molecular weight is 400 g/mol. The van der Waals surface area contributed by atoms with E-state index in [1.165, 1.54) is 11.9 Å². The van der Waals surface area contributed by atoms with Crippen LogP contribution in [0.2, 0.25) is 0 Å². The lowest BCUT2D eigenvalue weighted by atomic mass is 10.2. The van der Waals surface area contributed by atoms with Crippen molar-refractivity contribution in [2.24, 2.45) is 5.73 Å². The minimum absolute atomic E-state index is 0.361. The number of ether oxygens (including phenoxy) is 3. The highest BCUT2D eigenvalue weighted by molar-refractivity contribution is 6.03. The maximum Gasteiger partial charge on any atom is 0.330 e. The average Bonchev–Trinajstić information content (AvgIpc) is 2.72. The highest BCUT2D eigenvalue weighted by atomic mass is 16.5. The molecule has 0 radical (unpaired) electrons. The van der Waals surface area contributed by atoms with Crippen molar-refractivity contribution in [3.63, 3.8) is 0 Å². The second kappa shape index (κ2) is 10.2. The van der Waals surface area contributed by atoms with Crippen LogP contribution in [0, 0.1) is 5.41 Å². The Kier molecular flexibility index (Phi) is 7.70. The number of amides is 2. The fourth-order valence-electron chi connectivity index (χ4n) is 2.67. The number of carbonyl (C=O) groups is 1. The Balaban J connectivity index is 2.40. The molecule has 29 heavy (non-hydrogen) atoms. The maximum atomic E-state index is 12.7. The number of urea groups is 1. The summed E-state index contributed by atoms with van der Waals surface area (Å²) in [5, 5.41) is 7.50. The van der Waals surface area contributed by atoms with Gasteiger partial charge in [0.25, 0.3) is 0 Å². The summed E-state index contributed by atoms with van der Waals surface area (Å²) in [5.41, 5.74) is 6.92. The topological polar surface area (TPSA) is 101 Å². The van der Waals surface area contributed by atoms with Crippen LogP contribution >= 0.6 is 0 Å². The molecular formula is C21H28N4O4. The summed E-state index contributed by atoms with van der Waals surface area (Å²) in [6.45, 7) is 4.88. The van der Waals surface area contributed by atoms with Crippen LogP contribution in [0.3, 0.4) is 0 Å². The number of carbonyl (C=O) groups excluding carboxylic acids is 1. The lowest BCUT2D eigenvalue weighted by Crippen LogP contribution is -2.45. The molecule has 2 aromatic rings. The Morgan fingerprint density at radius 1 is 1.00 bits per heavy atom. The van der Waals surface area contributed by atoms with Crippen LogP contribution < -0.4 is 24.8 Å². The number of rotatable bonds is 8. The molecule has 2 aromatic carbocycles. The fraction of sp³-hybridized carbons (Fsp3) is 0.333. The van der Waals surface area contributed by atoms with Crippen molar-refractivity contribution >= 4 is 17.7 Å². The molecule has 0 aliphatic carbocycles. The van der Waals surface area contributed by atoms with Crippen molar-refractivity contribution in [3.05, 3.63) is 48.0 Å². The molecule has 0 atom stereocenters. The van der Waals surface area contributed by atoms with Gasteiger partial charge in [0, 0.05) is 26.2 Å². The summed E-state index contributed by atoms with van der Waals surface area (Å²) in [6, 6.07) is 12.8. The van der Waals surface area contributed by atoms with Gasteiger partial charge in [-0.15, -0.1) is 0 Å². The third-order valence-corrected chi connectivity index (χ3v) is 4.13.